The third-order valence-electron chi connectivity index (χ3n) is 3.87. The highest BCUT2D eigenvalue weighted by Crippen LogP contribution is 2.38. The van der Waals surface area contributed by atoms with Gasteiger partial charge in [-0.3, -0.25) is 0 Å². The van der Waals surface area contributed by atoms with E-state index in [1.165, 1.54) is 11.8 Å². The lowest BCUT2D eigenvalue weighted by molar-refractivity contribution is 0.208. The molecule has 0 amide bonds. The zero-order valence-electron chi connectivity index (χ0n) is 15.1. The fourth-order valence-electron chi connectivity index (χ4n) is 2.45. The van der Waals surface area contributed by atoms with Crippen molar-refractivity contribution in [1.82, 2.24) is 25.0 Å². The smallest absolute Gasteiger partial charge is 0.226 e. The van der Waals surface area contributed by atoms with E-state index in [1.807, 2.05) is 0 Å². The minimum absolute atomic E-state index is 0.169. The number of rotatable bonds is 7. The van der Waals surface area contributed by atoms with Gasteiger partial charge in [0.05, 0.1) is 13.2 Å². The third-order valence-corrected chi connectivity index (χ3v) is 3.87. The van der Waals surface area contributed by atoms with E-state index in [0.717, 1.165) is 0 Å². The molecule has 144 valence electrons. The molecule has 0 saturated carbocycles. The van der Waals surface area contributed by atoms with Crippen LogP contribution < -0.4 is 15.4 Å². The van der Waals surface area contributed by atoms with Crippen LogP contribution in [-0.4, -0.2) is 60.0 Å². The average molecular weight is 375 g/mol. The van der Waals surface area contributed by atoms with Gasteiger partial charge >= 0.3 is 0 Å². The molecule has 2 heterocycles. The van der Waals surface area contributed by atoms with Gasteiger partial charge in [-0.1, -0.05) is 5.21 Å². The standard InChI is InChI=1S/C16H21N7O4/c1-8(24)6-18-16-19-14(11-15(20-16)23(2)22-21-11)17-7-9-4-5-10(27-3)13(26)12(9)25/h4-5,8,24-26H,6-7H2,1-3H3,(H2,17,18,19,20). The highest BCUT2D eigenvalue weighted by molar-refractivity contribution is 5.83. The molecule has 11 nitrogen and oxygen atoms in total. The Morgan fingerprint density at radius 3 is 2.67 bits per heavy atom. The monoisotopic (exact) mass is 375 g/mol. The summed E-state index contributed by atoms with van der Waals surface area (Å²) in [5.74, 6) is 0.274. The maximum atomic E-state index is 10.1. The van der Waals surface area contributed by atoms with Crippen LogP contribution in [0.25, 0.3) is 11.2 Å². The highest BCUT2D eigenvalue weighted by Gasteiger charge is 2.16. The summed E-state index contributed by atoms with van der Waals surface area (Å²) in [4.78, 5) is 8.69. The van der Waals surface area contributed by atoms with E-state index in [2.05, 4.69) is 30.9 Å². The summed E-state index contributed by atoms with van der Waals surface area (Å²) in [6.45, 7) is 2.10. The number of phenols is 2. The van der Waals surface area contributed by atoms with Crippen LogP contribution in [0.1, 0.15) is 12.5 Å². The topological polar surface area (TPSA) is 150 Å². The Hall–Kier alpha value is -3.34. The van der Waals surface area contributed by atoms with Crippen molar-refractivity contribution in [1.29, 1.82) is 0 Å². The van der Waals surface area contributed by atoms with Crippen LogP contribution in [0.2, 0.25) is 0 Å². The van der Waals surface area contributed by atoms with Gasteiger partial charge in [0.2, 0.25) is 11.7 Å². The van der Waals surface area contributed by atoms with E-state index >= 15 is 0 Å². The Morgan fingerprint density at radius 1 is 1.19 bits per heavy atom. The predicted molar refractivity (Wildman–Crippen MR) is 97.9 cm³/mol. The average Bonchev–Trinajstić information content (AvgIpc) is 3.02. The van der Waals surface area contributed by atoms with E-state index < -0.39 is 6.10 Å². The number of ether oxygens (including phenoxy) is 1. The first kappa shape index (κ1) is 18.5. The lowest BCUT2D eigenvalue weighted by atomic mass is 10.1. The summed E-state index contributed by atoms with van der Waals surface area (Å²) >= 11 is 0. The normalized spacial score (nSPS) is 12.1. The second kappa shape index (κ2) is 7.50. The molecule has 2 aromatic heterocycles. The third kappa shape index (κ3) is 3.77. The lowest BCUT2D eigenvalue weighted by Gasteiger charge is -2.12. The second-order valence-electron chi connectivity index (χ2n) is 5.99. The zero-order valence-corrected chi connectivity index (χ0v) is 15.1. The van der Waals surface area contributed by atoms with Crippen LogP contribution >= 0.6 is 0 Å². The molecular weight excluding hydrogens is 354 g/mol. The molecule has 0 aliphatic heterocycles. The fraction of sp³-hybridized carbons (Fsp3) is 0.375. The van der Waals surface area contributed by atoms with Gasteiger partial charge in [-0.15, -0.1) is 5.10 Å². The molecule has 1 aromatic carbocycles. The molecule has 5 N–H and O–H groups in total. The first-order chi connectivity index (χ1) is 12.9. The lowest BCUT2D eigenvalue weighted by Crippen LogP contribution is -2.17. The summed E-state index contributed by atoms with van der Waals surface area (Å²) in [5.41, 5.74) is 1.40. The predicted octanol–water partition coefficient (Wildman–Crippen LogP) is 0.583. The van der Waals surface area contributed by atoms with Crippen molar-refractivity contribution >= 4 is 22.9 Å². The van der Waals surface area contributed by atoms with Gasteiger partial charge in [-0.25, -0.2) is 4.68 Å². The van der Waals surface area contributed by atoms with Crippen LogP contribution in [0.15, 0.2) is 12.1 Å². The van der Waals surface area contributed by atoms with E-state index in [0.29, 0.717) is 28.5 Å². The molecule has 0 saturated heterocycles. The number of aliphatic hydroxyl groups excluding tert-OH is 1. The number of methoxy groups -OCH3 is 1. The molecule has 0 spiro atoms. The number of nitrogens with one attached hydrogen (secondary N) is 2. The number of nitrogens with zero attached hydrogens (tertiary/aromatic N) is 5. The van der Waals surface area contributed by atoms with E-state index in [-0.39, 0.29) is 30.3 Å². The molecule has 0 radical (unpaired) electrons. The second-order valence-corrected chi connectivity index (χ2v) is 5.99. The first-order valence-corrected chi connectivity index (χ1v) is 8.21. The van der Waals surface area contributed by atoms with Crippen molar-refractivity contribution in [2.75, 3.05) is 24.3 Å². The Kier molecular flexibility index (Phi) is 5.12. The van der Waals surface area contributed by atoms with Crippen molar-refractivity contribution in [2.45, 2.75) is 19.6 Å². The number of aliphatic hydroxyl groups is 1. The van der Waals surface area contributed by atoms with Gasteiger partial charge in [-0.05, 0) is 19.1 Å². The summed E-state index contributed by atoms with van der Waals surface area (Å²) in [5, 5.41) is 43.5. The Bertz CT molecular complexity index is 958. The number of benzene rings is 1. The molecule has 0 bridgehead atoms. The molecule has 27 heavy (non-hydrogen) atoms. The van der Waals surface area contributed by atoms with E-state index in [4.69, 9.17) is 4.74 Å². The van der Waals surface area contributed by atoms with Crippen molar-refractivity contribution in [3.05, 3.63) is 17.7 Å². The summed E-state index contributed by atoms with van der Waals surface area (Å²) < 4.78 is 6.47. The minimum atomic E-state index is -0.565. The van der Waals surface area contributed by atoms with Crippen molar-refractivity contribution in [3.63, 3.8) is 0 Å². The molecule has 0 fully saturated rings. The SMILES string of the molecule is COc1ccc(CNc2nc(NCC(C)O)nc3c2nnn3C)c(O)c1O. The number of hydrogen-bond acceptors (Lipinski definition) is 10. The largest absolute Gasteiger partial charge is 0.504 e. The summed E-state index contributed by atoms with van der Waals surface area (Å²) in [6.07, 6.45) is -0.565. The summed E-state index contributed by atoms with van der Waals surface area (Å²) in [7, 11) is 3.11. The molecule has 0 aliphatic carbocycles. The van der Waals surface area contributed by atoms with Gasteiger partial charge in [-0.2, -0.15) is 9.97 Å². The van der Waals surface area contributed by atoms with Gasteiger partial charge < -0.3 is 30.7 Å². The maximum Gasteiger partial charge on any atom is 0.226 e. The molecule has 3 aromatic rings. The van der Waals surface area contributed by atoms with Crippen LogP contribution in [0.5, 0.6) is 17.2 Å². The van der Waals surface area contributed by atoms with Crippen LogP contribution in [0.3, 0.4) is 0 Å². The van der Waals surface area contributed by atoms with Crippen LogP contribution in [0.4, 0.5) is 11.8 Å². The van der Waals surface area contributed by atoms with Crippen LogP contribution in [-0.2, 0) is 13.6 Å². The quantitative estimate of drug-likeness (QED) is 0.371. The minimum Gasteiger partial charge on any atom is -0.504 e. The van der Waals surface area contributed by atoms with Crippen molar-refractivity contribution < 1.29 is 20.1 Å². The maximum absolute atomic E-state index is 10.1. The van der Waals surface area contributed by atoms with Gasteiger partial charge in [0, 0.05) is 25.7 Å². The molecular formula is C16H21N7O4. The molecule has 1 unspecified atom stereocenters. The number of phenolic OH excluding ortho intramolecular Hbond substituents is 2. The number of aromatic hydroxyl groups is 2. The summed E-state index contributed by atoms with van der Waals surface area (Å²) in [6, 6.07) is 3.18. The zero-order chi connectivity index (χ0) is 19.6. The molecule has 11 heteroatoms. The van der Waals surface area contributed by atoms with Crippen LogP contribution in [0, 0.1) is 0 Å². The van der Waals surface area contributed by atoms with Gasteiger partial charge in [0.15, 0.2) is 28.5 Å². The molecule has 0 aliphatic rings. The van der Waals surface area contributed by atoms with Crippen molar-refractivity contribution in [3.8, 4) is 17.2 Å². The van der Waals surface area contributed by atoms with E-state index in [1.54, 1.807) is 26.1 Å². The Labute approximate surface area is 154 Å². The Morgan fingerprint density at radius 2 is 1.96 bits per heavy atom. The number of fused-ring (bicyclic) bond motifs is 1. The highest BCUT2D eigenvalue weighted by atomic mass is 16.5. The first-order valence-electron chi connectivity index (χ1n) is 8.21. The van der Waals surface area contributed by atoms with Crippen molar-refractivity contribution in [2.24, 2.45) is 7.05 Å². The van der Waals surface area contributed by atoms with Gasteiger partial charge in [0.25, 0.3) is 0 Å². The Balaban J connectivity index is 1.89. The number of hydrogen-bond donors (Lipinski definition) is 5. The van der Waals surface area contributed by atoms with E-state index in [9.17, 15) is 15.3 Å². The van der Waals surface area contributed by atoms with Gasteiger partial charge in [0.1, 0.15) is 0 Å². The fourth-order valence-corrected chi connectivity index (χ4v) is 2.45. The number of anilines is 2. The molecule has 1 atom stereocenters. The number of aryl methyl sites for hydroxylation is 1. The number of aromatic nitrogens is 5. The molecule has 3 rings (SSSR count).